The Morgan fingerprint density at radius 1 is 0.571 bits per heavy atom. The molecule has 0 aromatic rings. The highest BCUT2D eigenvalue weighted by Crippen LogP contribution is 2.25. The van der Waals surface area contributed by atoms with Gasteiger partial charge in [0.05, 0.1) is 0 Å². The molecule has 0 saturated carbocycles. The normalized spacial score (nSPS) is 11.4. The van der Waals surface area contributed by atoms with Crippen molar-refractivity contribution in [3.8, 4) is 0 Å². The second-order valence-electron chi connectivity index (χ2n) is 6.72. The zero-order chi connectivity index (χ0) is 15.6. The lowest BCUT2D eigenvalue weighted by Gasteiger charge is -2.04. The van der Waals surface area contributed by atoms with E-state index < -0.39 is 0 Å². The van der Waals surface area contributed by atoms with Crippen molar-refractivity contribution in [3.63, 3.8) is 0 Å². The van der Waals surface area contributed by atoms with Gasteiger partial charge in [0, 0.05) is 11.5 Å². The van der Waals surface area contributed by atoms with Crippen LogP contribution in [0.1, 0.15) is 104 Å². The van der Waals surface area contributed by atoms with Gasteiger partial charge in [0.1, 0.15) is 0 Å². The lowest BCUT2D eigenvalue weighted by atomic mass is 10.1. The summed E-state index contributed by atoms with van der Waals surface area (Å²) >= 11 is 0. The van der Waals surface area contributed by atoms with Gasteiger partial charge in [0.2, 0.25) is 0 Å². The maximum atomic E-state index is 2.32. The minimum absolute atomic E-state index is 0.866. The lowest BCUT2D eigenvalue weighted by Crippen LogP contribution is -1.88. The molecule has 21 heavy (non-hydrogen) atoms. The maximum Gasteiger partial charge on any atom is 0.00393 e. The van der Waals surface area contributed by atoms with Crippen LogP contribution >= 0.6 is 21.6 Å². The van der Waals surface area contributed by atoms with Crippen molar-refractivity contribution in [3.05, 3.63) is 0 Å². The highest BCUT2D eigenvalue weighted by atomic mass is 33.1. The molecule has 0 aromatic heterocycles. The number of unbranched alkanes of at least 4 members (excludes halogenated alkanes) is 11. The zero-order valence-corrected chi connectivity index (χ0v) is 16.6. The molecule has 0 atom stereocenters. The first-order valence-electron chi connectivity index (χ1n) is 9.51. The topological polar surface area (TPSA) is 0 Å². The lowest BCUT2D eigenvalue weighted by molar-refractivity contribution is 0.548. The molecule has 0 N–H and O–H groups in total. The van der Waals surface area contributed by atoms with Gasteiger partial charge >= 0.3 is 0 Å². The summed E-state index contributed by atoms with van der Waals surface area (Å²) in [5.74, 6) is 3.56. The Balaban J connectivity index is 2.93. The average Bonchev–Trinajstić information content (AvgIpc) is 2.46. The fourth-order valence-electron chi connectivity index (χ4n) is 2.40. The Kier molecular flexibility index (Phi) is 19.4. The van der Waals surface area contributed by atoms with Crippen molar-refractivity contribution in [1.82, 2.24) is 0 Å². The SMILES string of the molecule is CCCCCCCCCCCCCCSSCCC(C)C. The highest BCUT2D eigenvalue weighted by molar-refractivity contribution is 8.76. The van der Waals surface area contributed by atoms with Gasteiger partial charge in [-0.25, -0.2) is 0 Å². The molecule has 0 aliphatic rings. The molecule has 0 nitrogen and oxygen atoms in total. The van der Waals surface area contributed by atoms with Crippen molar-refractivity contribution in [2.24, 2.45) is 5.92 Å². The standard InChI is InChI=1S/C19H40S2/c1-4-5-6-7-8-9-10-11-12-13-14-15-17-20-21-18-16-19(2)3/h19H,4-18H2,1-3H3. The summed E-state index contributed by atoms with van der Waals surface area (Å²) in [7, 11) is 4.17. The molecule has 0 amide bonds. The van der Waals surface area contributed by atoms with Crippen LogP contribution in [-0.4, -0.2) is 11.5 Å². The molecule has 0 aromatic carbocycles. The van der Waals surface area contributed by atoms with Gasteiger partial charge in [0.25, 0.3) is 0 Å². The third-order valence-corrected chi connectivity index (χ3v) is 6.47. The van der Waals surface area contributed by atoms with E-state index in [1.165, 1.54) is 95.0 Å². The maximum absolute atomic E-state index is 2.32. The molecule has 2 heteroatoms. The molecule has 0 unspecified atom stereocenters. The largest absolute Gasteiger partial charge is 0.0942 e. The Bertz CT molecular complexity index is 180. The van der Waals surface area contributed by atoms with E-state index in [0.29, 0.717) is 0 Å². The molecule has 0 rings (SSSR count). The Morgan fingerprint density at radius 3 is 1.48 bits per heavy atom. The molecule has 0 fully saturated rings. The molecule has 0 aliphatic carbocycles. The van der Waals surface area contributed by atoms with Crippen LogP contribution in [0.4, 0.5) is 0 Å². The molecular weight excluding hydrogens is 292 g/mol. The molecule has 0 heterocycles. The Hall–Kier alpha value is 0.700. The molecule has 0 bridgehead atoms. The molecule has 0 saturated heterocycles. The van der Waals surface area contributed by atoms with Crippen LogP contribution in [0.25, 0.3) is 0 Å². The van der Waals surface area contributed by atoms with E-state index in [0.717, 1.165) is 5.92 Å². The number of hydrogen-bond donors (Lipinski definition) is 0. The smallest absolute Gasteiger partial charge is 0.00393 e. The Morgan fingerprint density at radius 2 is 1.00 bits per heavy atom. The average molecular weight is 333 g/mol. The van der Waals surface area contributed by atoms with Crippen LogP contribution in [0.5, 0.6) is 0 Å². The van der Waals surface area contributed by atoms with Gasteiger partial charge in [-0.1, -0.05) is 113 Å². The minimum Gasteiger partial charge on any atom is -0.0942 e. The zero-order valence-electron chi connectivity index (χ0n) is 15.0. The number of rotatable bonds is 17. The van der Waals surface area contributed by atoms with Crippen LogP contribution in [0.3, 0.4) is 0 Å². The van der Waals surface area contributed by atoms with E-state index >= 15 is 0 Å². The van der Waals surface area contributed by atoms with Crippen LogP contribution in [0.15, 0.2) is 0 Å². The summed E-state index contributed by atoms with van der Waals surface area (Å²) < 4.78 is 0. The van der Waals surface area contributed by atoms with Crippen LogP contribution in [0, 0.1) is 5.92 Å². The summed E-state index contributed by atoms with van der Waals surface area (Å²) in [5.41, 5.74) is 0. The Labute approximate surface area is 143 Å². The van der Waals surface area contributed by atoms with Crippen molar-refractivity contribution >= 4 is 21.6 Å². The van der Waals surface area contributed by atoms with Gasteiger partial charge in [0.15, 0.2) is 0 Å². The fourth-order valence-corrected chi connectivity index (χ4v) is 4.88. The minimum atomic E-state index is 0.866. The van der Waals surface area contributed by atoms with Gasteiger partial charge in [-0.3, -0.25) is 0 Å². The molecule has 0 aliphatic heterocycles. The third-order valence-electron chi connectivity index (χ3n) is 3.94. The van der Waals surface area contributed by atoms with Gasteiger partial charge in [-0.15, -0.1) is 0 Å². The predicted octanol–water partition coefficient (Wildman–Crippen LogP) is 8.12. The fraction of sp³-hybridized carbons (Fsp3) is 1.00. The van der Waals surface area contributed by atoms with Crippen LogP contribution in [-0.2, 0) is 0 Å². The summed E-state index contributed by atoms with van der Waals surface area (Å²) in [6.45, 7) is 6.93. The van der Waals surface area contributed by atoms with E-state index in [1.807, 2.05) is 0 Å². The van der Waals surface area contributed by atoms with E-state index in [2.05, 4.69) is 42.4 Å². The van der Waals surface area contributed by atoms with Gasteiger partial charge < -0.3 is 0 Å². The second kappa shape index (κ2) is 18.7. The van der Waals surface area contributed by atoms with Gasteiger partial charge in [-0.2, -0.15) is 0 Å². The van der Waals surface area contributed by atoms with Crippen molar-refractivity contribution < 1.29 is 0 Å². The van der Waals surface area contributed by atoms with Crippen molar-refractivity contribution in [2.75, 3.05) is 11.5 Å². The monoisotopic (exact) mass is 332 g/mol. The summed E-state index contributed by atoms with van der Waals surface area (Å²) in [6, 6.07) is 0. The van der Waals surface area contributed by atoms with Crippen molar-refractivity contribution in [2.45, 2.75) is 104 Å². The molecular formula is C19H40S2. The highest BCUT2D eigenvalue weighted by Gasteiger charge is 1.96. The summed E-state index contributed by atoms with van der Waals surface area (Å²) in [5, 5.41) is 0. The van der Waals surface area contributed by atoms with E-state index in [4.69, 9.17) is 0 Å². The number of hydrogen-bond acceptors (Lipinski definition) is 2. The van der Waals surface area contributed by atoms with E-state index in [-0.39, 0.29) is 0 Å². The van der Waals surface area contributed by atoms with Crippen LogP contribution in [0.2, 0.25) is 0 Å². The molecule has 0 radical (unpaired) electrons. The first-order valence-corrected chi connectivity index (χ1v) is 12.0. The van der Waals surface area contributed by atoms with E-state index in [9.17, 15) is 0 Å². The quantitative estimate of drug-likeness (QED) is 0.195. The third kappa shape index (κ3) is 20.7. The second-order valence-corrected chi connectivity index (χ2v) is 9.42. The first-order chi connectivity index (χ1) is 10.3. The van der Waals surface area contributed by atoms with Crippen LogP contribution < -0.4 is 0 Å². The first kappa shape index (κ1) is 21.7. The van der Waals surface area contributed by atoms with E-state index in [1.54, 1.807) is 0 Å². The molecule has 0 spiro atoms. The van der Waals surface area contributed by atoms with Crippen molar-refractivity contribution in [1.29, 1.82) is 0 Å². The summed E-state index contributed by atoms with van der Waals surface area (Å²) in [4.78, 5) is 0. The predicted molar refractivity (Wildman–Crippen MR) is 105 cm³/mol. The molecule has 128 valence electrons. The summed E-state index contributed by atoms with van der Waals surface area (Å²) in [6.07, 6.45) is 18.8. The van der Waals surface area contributed by atoms with Gasteiger partial charge in [-0.05, 0) is 18.8 Å².